The third-order valence-corrected chi connectivity index (χ3v) is 4.18. The predicted molar refractivity (Wildman–Crippen MR) is 86.2 cm³/mol. The average molecular weight is 281 g/mol. The van der Waals surface area contributed by atoms with Crippen molar-refractivity contribution in [1.29, 1.82) is 0 Å². The van der Waals surface area contributed by atoms with Gasteiger partial charge >= 0.3 is 0 Å². The van der Waals surface area contributed by atoms with Gasteiger partial charge < -0.3 is 10.1 Å². The maximum absolute atomic E-state index is 5.08. The molecule has 2 nitrogen and oxygen atoms in total. The van der Waals surface area contributed by atoms with Crippen LogP contribution in [0.4, 0.5) is 0 Å². The van der Waals surface area contributed by atoms with Gasteiger partial charge in [-0.3, -0.25) is 0 Å². The second kappa shape index (κ2) is 11.3. The molecular weight excluding hydrogens is 254 g/mol. The molecule has 0 aliphatic heterocycles. The van der Waals surface area contributed by atoms with E-state index in [1.165, 1.54) is 29.9 Å². The van der Waals surface area contributed by atoms with Crippen LogP contribution in [0, 0.1) is 0 Å². The third-order valence-electron chi connectivity index (χ3n) is 3.19. The number of ether oxygens (including phenoxy) is 1. The minimum absolute atomic E-state index is 0.621. The Hall–Kier alpha value is -0.510. The Balaban J connectivity index is 2.39. The lowest BCUT2D eigenvalue weighted by atomic mass is 9.94. The number of thioether (sulfide) groups is 1. The van der Waals surface area contributed by atoms with Gasteiger partial charge in [0.25, 0.3) is 0 Å². The molecule has 1 N–H and O–H groups in total. The molecule has 0 heterocycles. The first-order valence-electron chi connectivity index (χ1n) is 7.20. The third kappa shape index (κ3) is 7.61. The molecule has 0 aromatic heterocycles. The van der Waals surface area contributed by atoms with E-state index in [0.717, 1.165) is 19.7 Å². The van der Waals surface area contributed by atoms with Crippen LogP contribution in [-0.4, -0.2) is 38.3 Å². The Morgan fingerprint density at radius 2 is 2.05 bits per heavy atom. The number of methoxy groups -OCH3 is 1. The van der Waals surface area contributed by atoms with Crippen molar-refractivity contribution >= 4 is 11.8 Å². The zero-order chi connectivity index (χ0) is 13.8. The summed E-state index contributed by atoms with van der Waals surface area (Å²) in [5.74, 6) is 3.12. The van der Waals surface area contributed by atoms with Crippen LogP contribution in [0.5, 0.6) is 0 Å². The summed E-state index contributed by atoms with van der Waals surface area (Å²) in [5, 5.41) is 3.49. The van der Waals surface area contributed by atoms with E-state index in [1.54, 1.807) is 7.11 Å². The van der Waals surface area contributed by atoms with Crippen LogP contribution in [0.25, 0.3) is 0 Å². The molecular formula is C16H27NOS. The second-order valence-corrected chi connectivity index (χ2v) is 6.04. The molecule has 0 aliphatic carbocycles. The van der Waals surface area contributed by atoms with E-state index in [1.807, 2.05) is 11.8 Å². The monoisotopic (exact) mass is 281 g/mol. The van der Waals surface area contributed by atoms with Gasteiger partial charge in [0, 0.05) is 20.2 Å². The molecule has 0 saturated carbocycles. The molecule has 0 aliphatic rings. The number of nitrogens with one attached hydrogen (secondary N) is 1. The van der Waals surface area contributed by atoms with Crippen LogP contribution in [-0.2, 0) is 4.74 Å². The molecule has 0 bridgehead atoms. The summed E-state index contributed by atoms with van der Waals surface area (Å²) in [5.41, 5.74) is 1.45. The van der Waals surface area contributed by atoms with Gasteiger partial charge in [-0.05, 0) is 35.8 Å². The van der Waals surface area contributed by atoms with Crippen LogP contribution in [0.1, 0.15) is 31.2 Å². The van der Waals surface area contributed by atoms with Gasteiger partial charge in [0.05, 0.1) is 6.61 Å². The highest BCUT2D eigenvalue weighted by Gasteiger charge is 2.10. The fourth-order valence-corrected chi connectivity index (χ4v) is 2.80. The van der Waals surface area contributed by atoms with Gasteiger partial charge in [0.15, 0.2) is 0 Å². The Labute approximate surface area is 122 Å². The van der Waals surface area contributed by atoms with E-state index in [0.29, 0.717) is 5.92 Å². The standard InChI is InChI=1S/C16H27NOS/c1-3-19-13-7-10-16(14-17-11-12-18-2)15-8-5-4-6-9-15/h4-6,8-9,16-17H,3,7,10-14H2,1-2H3. The molecule has 3 heteroatoms. The summed E-state index contributed by atoms with van der Waals surface area (Å²) in [7, 11) is 1.75. The first-order valence-corrected chi connectivity index (χ1v) is 8.36. The predicted octanol–water partition coefficient (Wildman–Crippen LogP) is 3.54. The quantitative estimate of drug-likeness (QED) is 0.627. The van der Waals surface area contributed by atoms with Crippen molar-refractivity contribution in [2.45, 2.75) is 25.7 Å². The molecule has 1 aromatic carbocycles. The maximum atomic E-state index is 5.08. The van der Waals surface area contributed by atoms with Gasteiger partial charge in [-0.2, -0.15) is 11.8 Å². The lowest BCUT2D eigenvalue weighted by Gasteiger charge is -2.18. The molecule has 1 aromatic rings. The van der Waals surface area contributed by atoms with E-state index in [9.17, 15) is 0 Å². The Bertz CT molecular complexity index is 293. The van der Waals surface area contributed by atoms with Crippen molar-refractivity contribution in [3.63, 3.8) is 0 Å². The molecule has 1 unspecified atom stereocenters. The van der Waals surface area contributed by atoms with Crippen LogP contribution in [0.2, 0.25) is 0 Å². The van der Waals surface area contributed by atoms with Gasteiger partial charge in [-0.1, -0.05) is 37.3 Å². The Morgan fingerprint density at radius 1 is 1.26 bits per heavy atom. The molecule has 108 valence electrons. The van der Waals surface area contributed by atoms with Crippen molar-refractivity contribution in [2.75, 3.05) is 38.3 Å². The van der Waals surface area contributed by atoms with Gasteiger partial charge in [-0.15, -0.1) is 0 Å². The first kappa shape index (κ1) is 16.5. The minimum Gasteiger partial charge on any atom is -0.383 e. The zero-order valence-electron chi connectivity index (χ0n) is 12.2. The fraction of sp³-hybridized carbons (Fsp3) is 0.625. The largest absolute Gasteiger partial charge is 0.383 e. The average Bonchev–Trinajstić information content (AvgIpc) is 2.46. The molecule has 0 saturated heterocycles. The molecule has 1 rings (SSSR count). The highest BCUT2D eigenvalue weighted by atomic mass is 32.2. The topological polar surface area (TPSA) is 21.3 Å². The van der Waals surface area contributed by atoms with E-state index < -0.39 is 0 Å². The van der Waals surface area contributed by atoms with Crippen molar-refractivity contribution in [1.82, 2.24) is 5.32 Å². The molecule has 0 radical (unpaired) electrons. The Kier molecular flexibility index (Phi) is 9.86. The Morgan fingerprint density at radius 3 is 2.74 bits per heavy atom. The van der Waals surface area contributed by atoms with E-state index in [2.05, 4.69) is 42.6 Å². The lowest BCUT2D eigenvalue weighted by molar-refractivity contribution is 0.198. The van der Waals surface area contributed by atoms with Gasteiger partial charge in [0.2, 0.25) is 0 Å². The summed E-state index contributed by atoms with van der Waals surface area (Å²) in [6.07, 6.45) is 2.56. The van der Waals surface area contributed by atoms with Crippen molar-refractivity contribution < 1.29 is 4.74 Å². The SMILES string of the molecule is CCSCCCC(CNCCOC)c1ccccc1. The molecule has 19 heavy (non-hydrogen) atoms. The summed E-state index contributed by atoms with van der Waals surface area (Å²) in [6, 6.07) is 10.9. The minimum atomic E-state index is 0.621. The van der Waals surface area contributed by atoms with Gasteiger partial charge in [0.1, 0.15) is 0 Å². The first-order chi connectivity index (χ1) is 9.38. The maximum Gasteiger partial charge on any atom is 0.0587 e. The molecule has 0 amide bonds. The van der Waals surface area contributed by atoms with Crippen molar-refractivity contribution in [2.24, 2.45) is 0 Å². The van der Waals surface area contributed by atoms with Crippen molar-refractivity contribution in [3.05, 3.63) is 35.9 Å². The molecule has 0 spiro atoms. The van der Waals surface area contributed by atoms with E-state index >= 15 is 0 Å². The normalized spacial score (nSPS) is 12.5. The number of hydrogen-bond donors (Lipinski definition) is 1. The second-order valence-electron chi connectivity index (χ2n) is 4.64. The van der Waals surface area contributed by atoms with Crippen LogP contribution >= 0.6 is 11.8 Å². The fourth-order valence-electron chi connectivity index (χ4n) is 2.14. The highest BCUT2D eigenvalue weighted by molar-refractivity contribution is 7.99. The number of benzene rings is 1. The smallest absolute Gasteiger partial charge is 0.0587 e. The number of hydrogen-bond acceptors (Lipinski definition) is 3. The van der Waals surface area contributed by atoms with E-state index in [-0.39, 0.29) is 0 Å². The summed E-state index contributed by atoms with van der Waals surface area (Å²) in [6.45, 7) is 4.99. The van der Waals surface area contributed by atoms with Crippen LogP contribution in [0.15, 0.2) is 30.3 Å². The van der Waals surface area contributed by atoms with Crippen LogP contribution < -0.4 is 5.32 Å². The van der Waals surface area contributed by atoms with Crippen LogP contribution in [0.3, 0.4) is 0 Å². The van der Waals surface area contributed by atoms with Crippen molar-refractivity contribution in [3.8, 4) is 0 Å². The summed E-state index contributed by atoms with van der Waals surface area (Å²) >= 11 is 2.04. The van der Waals surface area contributed by atoms with E-state index in [4.69, 9.17) is 4.74 Å². The summed E-state index contributed by atoms with van der Waals surface area (Å²) < 4.78 is 5.08. The molecule has 0 fully saturated rings. The highest BCUT2D eigenvalue weighted by Crippen LogP contribution is 2.21. The lowest BCUT2D eigenvalue weighted by Crippen LogP contribution is -2.25. The summed E-state index contributed by atoms with van der Waals surface area (Å²) in [4.78, 5) is 0. The number of rotatable bonds is 11. The molecule has 1 atom stereocenters. The van der Waals surface area contributed by atoms with Gasteiger partial charge in [-0.25, -0.2) is 0 Å². The zero-order valence-corrected chi connectivity index (χ0v) is 13.0.